The first-order chi connectivity index (χ1) is 12.7. The number of nitrogens with zero attached hydrogens (tertiary/aromatic N) is 1. The Bertz CT molecular complexity index is 560. The zero-order chi connectivity index (χ0) is 18.8. The van der Waals surface area contributed by atoms with E-state index in [2.05, 4.69) is 6.92 Å². The van der Waals surface area contributed by atoms with Gasteiger partial charge in [-0.15, -0.1) is 0 Å². The molecule has 2 rings (SSSR count). The molecule has 144 valence electrons. The molecule has 1 aromatic rings. The second-order valence-corrected chi connectivity index (χ2v) is 6.82. The average molecular weight is 361 g/mol. The van der Waals surface area contributed by atoms with E-state index in [-0.39, 0.29) is 24.4 Å². The number of unbranched alkanes of at least 4 members (excludes halogenated alkanes) is 3. The highest BCUT2D eigenvalue weighted by Crippen LogP contribution is 2.30. The third kappa shape index (κ3) is 5.84. The van der Waals surface area contributed by atoms with Gasteiger partial charge in [-0.3, -0.25) is 9.63 Å². The predicted octanol–water partition coefficient (Wildman–Crippen LogP) is 4.26. The first-order valence-electron chi connectivity index (χ1n) is 9.82. The van der Waals surface area contributed by atoms with Crippen LogP contribution in [0.3, 0.4) is 0 Å². The Hall–Kier alpha value is -1.88. The van der Waals surface area contributed by atoms with E-state index in [0.717, 1.165) is 31.2 Å². The van der Waals surface area contributed by atoms with Crippen LogP contribution in [0.5, 0.6) is 0 Å². The number of carbonyl (C=O) groups excluding carboxylic acids is 2. The number of carbonyl (C=O) groups is 2. The molecule has 1 aliphatic heterocycles. The van der Waals surface area contributed by atoms with Gasteiger partial charge < -0.3 is 4.74 Å². The lowest BCUT2D eigenvalue weighted by molar-refractivity contribution is -0.226. The average Bonchev–Trinajstić information content (AvgIpc) is 2.66. The van der Waals surface area contributed by atoms with Gasteiger partial charge in [0.05, 0.1) is 6.61 Å². The Morgan fingerprint density at radius 2 is 1.92 bits per heavy atom. The summed E-state index contributed by atoms with van der Waals surface area (Å²) in [6.45, 7) is 4.54. The number of benzene rings is 1. The highest BCUT2D eigenvalue weighted by molar-refractivity contribution is 5.85. The molecular weight excluding hydrogens is 330 g/mol. The summed E-state index contributed by atoms with van der Waals surface area (Å²) in [4.78, 5) is 30.8. The van der Waals surface area contributed by atoms with Crippen molar-refractivity contribution < 1.29 is 19.2 Å². The number of amides is 1. The lowest BCUT2D eigenvalue weighted by Gasteiger charge is -2.38. The number of piperidine rings is 1. The maximum absolute atomic E-state index is 12.6. The number of hydrogen-bond donors (Lipinski definition) is 0. The van der Waals surface area contributed by atoms with E-state index < -0.39 is 6.04 Å². The van der Waals surface area contributed by atoms with E-state index in [4.69, 9.17) is 9.57 Å². The molecule has 26 heavy (non-hydrogen) atoms. The molecule has 1 saturated heterocycles. The summed E-state index contributed by atoms with van der Waals surface area (Å²) in [6.07, 6.45) is 6.65. The molecule has 0 saturated carbocycles. The third-order valence-electron chi connectivity index (χ3n) is 4.84. The van der Waals surface area contributed by atoms with Gasteiger partial charge in [0, 0.05) is 6.42 Å². The van der Waals surface area contributed by atoms with Gasteiger partial charge in [0.1, 0.15) is 6.61 Å². The topological polar surface area (TPSA) is 55.8 Å². The summed E-state index contributed by atoms with van der Waals surface area (Å²) >= 11 is 0. The molecule has 1 amide bonds. The summed E-state index contributed by atoms with van der Waals surface area (Å²) in [7, 11) is 0. The molecular formula is C21H31NO4. The van der Waals surface area contributed by atoms with Crippen LogP contribution >= 0.6 is 0 Å². The maximum atomic E-state index is 12.6. The molecule has 1 heterocycles. The molecule has 0 N–H and O–H groups in total. The largest absolute Gasteiger partial charge is 0.464 e. The van der Waals surface area contributed by atoms with Crippen LogP contribution in [0.2, 0.25) is 0 Å². The van der Waals surface area contributed by atoms with Gasteiger partial charge in [-0.05, 0) is 31.2 Å². The van der Waals surface area contributed by atoms with Gasteiger partial charge in [0.15, 0.2) is 6.04 Å². The van der Waals surface area contributed by atoms with Gasteiger partial charge in [-0.25, -0.2) is 9.86 Å². The van der Waals surface area contributed by atoms with Crippen molar-refractivity contribution in [2.75, 3.05) is 6.61 Å². The molecule has 1 aliphatic rings. The van der Waals surface area contributed by atoms with Crippen LogP contribution < -0.4 is 0 Å². The zero-order valence-electron chi connectivity index (χ0n) is 16.0. The van der Waals surface area contributed by atoms with Crippen molar-refractivity contribution >= 4 is 11.9 Å². The Morgan fingerprint density at radius 1 is 1.15 bits per heavy atom. The molecule has 0 aromatic heterocycles. The zero-order valence-corrected chi connectivity index (χ0v) is 16.0. The van der Waals surface area contributed by atoms with Crippen molar-refractivity contribution in [1.82, 2.24) is 5.06 Å². The van der Waals surface area contributed by atoms with E-state index >= 15 is 0 Å². The summed E-state index contributed by atoms with van der Waals surface area (Å²) in [5, 5.41) is 1.29. The molecule has 2 atom stereocenters. The molecule has 0 bridgehead atoms. The van der Waals surface area contributed by atoms with Crippen molar-refractivity contribution in [3.8, 4) is 0 Å². The summed E-state index contributed by atoms with van der Waals surface area (Å²) in [5.41, 5.74) is 0.966. The number of hydrogen-bond acceptors (Lipinski definition) is 4. The van der Waals surface area contributed by atoms with Gasteiger partial charge in [-0.1, -0.05) is 62.9 Å². The molecule has 0 radical (unpaired) electrons. The fourth-order valence-corrected chi connectivity index (χ4v) is 3.45. The summed E-state index contributed by atoms with van der Waals surface area (Å²) < 4.78 is 5.26. The fourth-order valence-electron chi connectivity index (χ4n) is 3.45. The lowest BCUT2D eigenvalue weighted by Crippen LogP contribution is -2.53. The molecule has 5 nitrogen and oxygen atoms in total. The minimum atomic E-state index is -0.637. The molecule has 0 aliphatic carbocycles. The van der Waals surface area contributed by atoms with Crippen LogP contribution in [-0.2, 0) is 25.8 Å². The lowest BCUT2D eigenvalue weighted by atomic mass is 9.85. The fraction of sp³-hybridized carbons (Fsp3) is 0.619. The molecule has 2 unspecified atom stereocenters. The monoisotopic (exact) mass is 361 g/mol. The van der Waals surface area contributed by atoms with Crippen molar-refractivity contribution in [3.63, 3.8) is 0 Å². The minimum Gasteiger partial charge on any atom is -0.464 e. The van der Waals surface area contributed by atoms with Crippen LogP contribution in [0.1, 0.15) is 64.4 Å². The standard InChI is InChI=1S/C21H31NO4/c1-3-5-6-10-13-18-14-15-19(23)22(20(18)21(24)25-4-2)26-16-17-11-8-7-9-12-17/h7-9,11-12,18,20H,3-6,10,13-16H2,1-2H3. The van der Waals surface area contributed by atoms with Crippen LogP contribution in [0.4, 0.5) is 0 Å². The van der Waals surface area contributed by atoms with E-state index in [1.54, 1.807) is 6.92 Å². The SMILES string of the molecule is CCCCCCC1CCC(=O)N(OCc2ccccc2)C1C(=O)OCC. The number of hydroxylamine groups is 2. The Labute approximate surface area is 156 Å². The maximum Gasteiger partial charge on any atom is 0.331 e. The Balaban J connectivity index is 2.06. The predicted molar refractivity (Wildman–Crippen MR) is 100.0 cm³/mol. The second-order valence-electron chi connectivity index (χ2n) is 6.82. The van der Waals surface area contributed by atoms with E-state index in [0.29, 0.717) is 13.0 Å². The number of rotatable bonds is 10. The number of esters is 1. The molecule has 0 spiro atoms. The van der Waals surface area contributed by atoms with Crippen LogP contribution in [-0.4, -0.2) is 29.6 Å². The van der Waals surface area contributed by atoms with Crippen molar-refractivity contribution in [2.24, 2.45) is 5.92 Å². The molecule has 1 aromatic carbocycles. The Kier molecular flexibility index (Phi) is 8.62. The highest BCUT2D eigenvalue weighted by atomic mass is 16.7. The van der Waals surface area contributed by atoms with Gasteiger partial charge in [-0.2, -0.15) is 0 Å². The van der Waals surface area contributed by atoms with Crippen molar-refractivity contribution in [1.29, 1.82) is 0 Å². The van der Waals surface area contributed by atoms with Crippen molar-refractivity contribution in [3.05, 3.63) is 35.9 Å². The van der Waals surface area contributed by atoms with Crippen LogP contribution in [0.15, 0.2) is 30.3 Å². The van der Waals surface area contributed by atoms with Crippen LogP contribution in [0.25, 0.3) is 0 Å². The highest BCUT2D eigenvalue weighted by Gasteiger charge is 2.42. The quantitative estimate of drug-likeness (QED) is 0.461. The van der Waals surface area contributed by atoms with Crippen molar-refractivity contribution in [2.45, 2.75) is 71.4 Å². The van der Waals surface area contributed by atoms with E-state index in [1.165, 1.54) is 17.9 Å². The first-order valence-corrected chi connectivity index (χ1v) is 9.82. The van der Waals surface area contributed by atoms with Gasteiger partial charge in [0.2, 0.25) is 5.91 Å². The minimum absolute atomic E-state index is 0.0966. The Morgan fingerprint density at radius 3 is 2.62 bits per heavy atom. The van der Waals surface area contributed by atoms with E-state index in [9.17, 15) is 9.59 Å². The smallest absolute Gasteiger partial charge is 0.331 e. The third-order valence-corrected chi connectivity index (χ3v) is 4.84. The van der Waals surface area contributed by atoms with Gasteiger partial charge >= 0.3 is 5.97 Å². The van der Waals surface area contributed by atoms with Gasteiger partial charge in [0.25, 0.3) is 0 Å². The van der Waals surface area contributed by atoms with E-state index in [1.807, 2.05) is 30.3 Å². The summed E-state index contributed by atoms with van der Waals surface area (Å²) in [5.74, 6) is -0.391. The first kappa shape index (κ1) is 20.4. The normalized spacial score (nSPS) is 20.2. The second kappa shape index (κ2) is 11.0. The summed E-state index contributed by atoms with van der Waals surface area (Å²) in [6, 6.07) is 9.03. The number of ether oxygens (including phenoxy) is 1. The molecule has 1 fully saturated rings. The molecule has 5 heteroatoms. The van der Waals surface area contributed by atoms with Crippen LogP contribution in [0, 0.1) is 5.92 Å².